The summed E-state index contributed by atoms with van der Waals surface area (Å²) in [6.45, 7) is 0. The highest BCUT2D eigenvalue weighted by Crippen LogP contribution is 2.29. The molecule has 21 heavy (non-hydrogen) atoms. The van der Waals surface area contributed by atoms with Crippen molar-refractivity contribution in [1.29, 1.82) is 0 Å². The van der Waals surface area contributed by atoms with Gasteiger partial charge in [-0.3, -0.25) is 4.79 Å². The predicted molar refractivity (Wildman–Crippen MR) is 83.6 cm³/mol. The number of rotatable bonds is 4. The minimum absolute atomic E-state index is 0.120. The van der Waals surface area contributed by atoms with Crippen LogP contribution in [0.2, 0.25) is 0 Å². The fourth-order valence-electron chi connectivity index (χ4n) is 2.02. The summed E-state index contributed by atoms with van der Waals surface area (Å²) in [4.78, 5) is 16.9. The third-order valence-corrected chi connectivity index (χ3v) is 3.70. The second-order valence-corrected chi connectivity index (χ2v) is 5.20. The summed E-state index contributed by atoms with van der Waals surface area (Å²) in [5.41, 5.74) is 1.84. The molecule has 0 bridgehead atoms. The first-order valence-electron chi connectivity index (χ1n) is 6.49. The first-order valence-corrected chi connectivity index (χ1v) is 7.72. The monoisotopic (exact) mass is 295 g/mol. The summed E-state index contributed by atoms with van der Waals surface area (Å²) in [6.07, 6.45) is 1.87. The molecule has 0 radical (unpaired) electrons. The molecular weight excluding hydrogens is 282 g/mol. The first kappa shape index (κ1) is 13.6. The van der Waals surface area contributed by atoms with Gasteiger partial charge in [-0.25, -0.2) is 4.98 Å². The molecule has 0 amide bonds. The quantitative estimate of drug-likeness (QED) is 0.532. The van der Waals surface area contributed by atoms with Crippen molar-refractivity contribution in [2.75, 3.05) is 6.26 Å². The van der Waals surface area contributed by atoms with Crippen molar-refractivity contribution >= 4 is 17.5 Å². The molecule has 0 unspecified atom stereocenters. The Morgan fingerprint density at radius 1 is 1.00 bits per heavy atom. The van der Waals surface area contributed by atoms with Gasteiger partial charge >= 0.3 is 0 Å². The van der Waals surface area contributed by atoms with Crippen molar-refractivity contribution in [3.63, 3.8) is 0 Å². The second-order valence-electron chi connectivity index (χ2n) is 4.42. The molecule has 0 aliphatic heterocycles. The first-order chi connectivity index (χ1) is 10.3. The minimum atomic E-state index is -0.120. The lowest BCUT2D eigenvalue weighted by Crippen LogP contribution is -2.02. The Labute approximate surface area is 127 Å². The van der Waals surface area contributed by atoms with Crippen LogP contribution in [0.3, 0.4) is 0 Å². The normalized spacial score (nSPS) is 10.5. The van der Waals surface area contributed by atoms with Crippen molar-refractivity contribution in [1.82, 2.24) is 4.98 Å². The SMILES string of the molecule is CSc1oc(-c2ccccc2)nc1C(=O)c1ccccc1. The Balaban J connectivity index is 2.03. The van der Waals surface area contributed by atoms with Crippen molar-refractivity contribution in [2.45, 2.75) is 5.09 Å². The average Bonchev–Trinajstić information content (AvgIpc) is 3.00. The van der Waals surface area contributed by atoms with E-state index < -0.39 is 0 Å². The molecule has 0 fully saturated rings. The lowest BCUT2D eigenvalue weighted by atomic mass is 10.1. The molecular formula is C17H13NO2S. The van der Waals surface area contributed by atoms with Crippen LogP contribution in [0.15, 0.2) is 70.2 Å². The lowest BCUT2D eigenvalue weighted by Gasteiger charge is -1.97. The van der Waals surface area contributed by atoms with Crippen LogP contribution in [0, 0.1) is 0 Å². The van der Waals surface area contributed by atoms with Gasteiger partial charge in [-0.1, -0.05) is 60.3 Å². The Morgan fingerprint density at radius 2 is 1.62 bits per heavy atom. The molecule has 2 aromatic carbocycles. The smallest absolute Gasteiger partial charge is 0.228 e. The van der Waals surface area contributed by atoms with Crippen molar-refractivity contribution in [2.24, 2.45) is 0 Å². The van der Waals surface area contributed by atoms with Crippen LogP contribution < -0.4 is 0 Å². The van der Waals surface area contributed by atoms with Crippen LogP contribution in [-0.2, 0) is 0 Å². The molecule has 104 valence electrons. The fraction of sp³-hybridized carbons (Fsp3) is 0.0588. The summed E-state index contributed by atoms with van der Waals surface area (Å²) in [5.74, 6) is 0.352. The summed E-state index contributed by atoms with van der Waals surface area (Å²) in [5, 5.41) is 0.544. The molecule has 0 saturated heterocycles. The number of nitrogens with zero attached hydrogens (tertiary/aromatic N) is 1. The maximum atomic E-state index is 12.5. The van der Waals surface area contributed by atoms with E-state index in [2.05, 4.69) is 4.98 Å². The standard InChI is InChI=1S/C17H13NO2S/c1-21-17-14(15(19)12-8-4-2-5-9-12)18-16(20-17)13-10-6-3-7-11-13/h2-11H,1H3. The summed E-state index contributed by atoms with van der Waals surface area (Å²) < 4.78 is 5.72. The Bertz CT molecular complexity index is 751. The zero-order chi connectivity index (χ0) is 14.7. The number of carbonyl (C=O) groups is 1. The van der Waals surface area contributed by atoms with Crippen LogP contribution in [0.4, 0.5) is 0 Å². The number of thioether (sulfide) groups is 1. The molecule has 0 aliphatic carbocycles. The molecule has 1 heterocycles. The number of hydrogen-bond donors (Lipinski definition) is 0. The highest BCUT2D eigenvalue weighted by Gasteiger charge is 2.21. The van der Waals surface area contributed by atoms with Crippen LogP contribution in [-0.4, -0.2) is 17.0 Å². The van der Waals surface area contributed by atoms with Crippen molar-refractivity contribution in [3.05, 3.63) is 71.9 Å². The number of aromatic nitrogens is 1. The van der Waals surface area contributed by atoms with E-state index >= 15 is 0 Å². The molecule has 0 saturated carbocycles. The van der Waals surface area contributed by atoms with E-state index in [0.717, 1.165) is 5.56 Å². The van der Waals surface area contributed by atoms with Crippen molar-refractivity contribution in [3.8, 4) is 11.5 Å². The summed E-state index contributed by atoms with van der Waals surface area (Å²) >= 11 is 1.38. The molecule has 4 heteroatoms. The summed E-state index contributed by atoms with van der Waals surface area (Å²) in [7, 11) is 0. The maximum absolute atomic E-state index is 12.5. The highest BCUT2D eigenvalue weighted by molar-refractivity contribution is 7.98. The van der Waals surface area contributed by atoms with Crippen LogP contribution in [0.5, 0.6) is 0 Å². The van der Waals surface area contributed by atoms with E-state index in [1.165, 1.54) is 11.8 Å². The lowest BCUT2D eigenvalue weighted by molar-refractivity contribution is 0.103. The topological polar surface area (TPSA) is 43.1 Å². The largest absolute Gasteiger partial charge is 0.429 e. The van der Waals surface area contributed by atoms with E-state index in [1.807, 2.05) is 54.8 Å². The molecule has 3 aromatic rings. The zero-order valence-corrected chi connectivity index (χ0v) is 12.3. The Morgan fingerprint density at radius 3 is 2.24 bits per heavy atom. The molecule has 1 aromatic heterocycles. The van der Waals surface area contributed by atoms with Gasteiger partial charge in [-0.2, -0.15) is 0 Å². The number of benzene rings is 2. The Kier molecular flexibility index (Phi) is 3.88. The molecule has 3 rings (SSSR count). The summed E-state index contributed by atoms with van der Waals surface area (Å²) in [6, 6.07) is 18.7. The molecule has 0 spiro atoms. The number of carbonyl (C=O) groups excluding carboxylic acids is 1. The molecule has 0 aliphatic rings. The fourth-order valence-corrected chi connectivity index (χ4v) is 2.51. The third-order valence-electron chi connectivity index (χ3n) is 3.05. The molecule has 0 N–H and O–H groups in total. The van der Waals surface area contributed by atoms with Gasteiger partial charge in [0.15, 0.2) is 10.8 Å². The van der Waals surface area contributed by atoms with Crippen LogP contribution >= 0.6 is 11.8 Å². The molecule has 3 nitrogen and oxygen atoms in total. The van der Waals surface area contributed by atoms with Gasteiger partial charge in [0.25, 0.3) is 0 Å². The number of hydrogen-bond acceptors (Lipinski definition) is 4. The van der Waals surface area contributed by atoms with Gasteiger partial charge in [-0.05, 0) is 18.4 Å². The van der Waals surface area contributed by atoms with Gasteiger partial charge in [0.2, 0.25) is 11.7 Å². The van der Waals surface area contributed by atoms with E-state index in [-0.39, 0.29) is 5.78 Å². The van der Waals surface area contributed by atoms with E-state index in [0.29, 0.717) is 22.2 Å². The predicted octanol–water partition coefficient (Wildman–Crippen LogP) is 4.29. The van der Waals surface area contributed by atoms with E-state index in [4.69, 9.17) is 4.42 Å². The van der Waals surface area contributed by atoms with E-state index in [1.54, 1.807) is 12.1 Å². The zero-order valence-electron chi connectivity index (χ0n) is 11.4. The van der Waals surface area contributed by atoms with E-state index in [9.17, 15) is 4.79 Å². The number of oxazole rings is 1. The number of ketones is 1. The van der Waals surface area contributed by atoms with Gasteiger partial charge in [-0.15, -0.1) is 0 Å². The minimum Gasteiger partial charge on any atom is -0.429 e. The average molecular weight is 295 g/mol. The van der Waals surface area contributed by atoms with Gasteiger partial charge < -0.3 is 4.42 Å². The van der Waals surface area contributed by atoms with Crippen LogP contribution in [0.25, 0.3) is 11.5 Å². The van der Waals surface area contributed by atoms with Crippen LogP contribution in [0.1, 0.15) is 16.1 Å². The van der Waals surface area contributed by atoms with Gasteiger partial charge in [0, 0.05) is 11.1 Å². The molecule has 0 atom stereocenters. The van der Waals surface area contributed by atoms with Gasteiger partial charge in [0.05, 0.1) is 0 Å². The Hall–Kier alpha value is -2.33. The van der Waals surface area contributed by atoms with Crippen molar-refractivity contribution < 1.29 is 9.21 Å². The second kappa shape index (κ2) is 5.97. The maximum Gasteiger partial charge on any atom is 0.228 e. The highest BCUT2D eigenvalue weighted by atomic mass is 32.2. The van der Waals surface area contributed by atoms with Gasteiger partial charge in [0.1, 0.15) is 0 Å². The third kappa shape index (κ3) is 2.76.